The predicted molar refractivity (Wildman–Crippen MR) is 103 cm³/mol. The molecule has 1 heterocycles. The van der Waals surface area contributed by atoms with E-state index < -0.39 is 17.2 Å². The molecule has 1 aliphatic rings. The van der Waals surface area contributed by atoms with E-state index in [4.69, 9.17) is 20.9 Å². The largest absolute Gasteiger partial charge is 0.464 e. The molecule has 8 nitrogen and oxygen atoms in total. The molecule has 3 rings (SSSR count). The molecule has 0 aliphatic heterocycles. The van der Waals surface area contributed by atoms with Gasteiger partial charge >= 0.3 is 5.97 Å². The average molecular weight is 411 g/mol. The van der Waals surface area contributed by atoms with E-state index in [9.17, 15) is 9.00 Å². The smallest absolute Gasteiger partial charge is 0.358 e. The summed E-state index contributed by atoms with van der Waals surface area (Å²) in [6.45, 7) is 0.542. The molecule has 1 unspecified atom stereocenters. The molecule has 0 radical (unpaired) electrons. The summed E-state index contributed by atoms with van der Waals surface area (Å²) in [7, 11) is 1.29. The van der Waals surface area contributed by atoms with Gasteiger partial charge in [-0.05, 0) is 37.0 Å². The van der Waals surface area contributed by atoms with Crippen LogP contribution in [-0.4, -0.2) is 38.4 Å². The molecule has 10 heteroatoms. The van der Waals surface area contributed by atoms with Crippen molar-refractivity contribution in [3.8, 4) is 0 Å². The van der Waals surface area contributed by atoms with Crippen LogP contribution in [0.4, 0.5) is 11.5 Å². The van der Waals surface area contributed by atoms with Crippen molar-refractivity contribution in [1.82, 2.24) is 9.97 Å². The zero-order valence-electron chi connectivity index (χ0n) is 14.6. The van der Waals surface area contributed by atoms with Gasteiger partial charge in [0, 0.05) is 18.2 Å². The van der Waals surface area contributed by atoms with E-state index in [1.165, 1.54) is 7.11 Å². The highest BCUT2D eigenvalue weighted by molar-refractivity contribution is 7.80. The summed E-state index contributed by atoms with van der Waals surface area (Å²) in [6.07, 6.45) is 2.68. The molecule has 1 fully saturated rings. The lowest BCUT2D eigenvalue weighted by Gasteiger charge is -2.12. The van der Waals surface area contributed by atoms with Gasteiger partial charge in [-0.25, -0.2) is 19.0 Å². The van der Waals surface area contributed by atoms with Crippen LogP contribution < -0.4 is 10.0 Å². The summed E-state index contributed by atoms with van der Waals surface area (Å²) in [5.41, 5.74) is 1.66. The van der Waals surface area contributed by atoms with Gasteiger partial charge in [0.1, 0.15) is 16.7 Å². The number of rotatable bonds is 8. The first kappa shape index (κ1) is 19.5. The second-order valence-electron chi connectivity index (χ2n) is 6.08. The Bertz CT molecular complexity index is 859. The van der Waals surface area contributed by atoms with Crippen molar-refractivity contribution in [2.24, 2.45) is 0 Å². The number of carbonyl (C=O) groups excluding carboxylic acids is 1. The van der Waals surface area contributed by atoms with E-state index in [0.717, 1.165) is 18.4 Å². The Hall–Kier alpha value is -2.23. The van der Waals surface area contributed by atoms with Crippen molar-refractivity contribution in [1.29, 1.82) is 0 Å². The van der Waals surface area contributed by atoms with Crippen molar-refractivity contribution in [3.05, 3.63) is 46.4 Å². The maximum Gasteiger partial charge on any atom is 0.358 e. The number of carbonyl (C=O) groups is 1. The van der Waals surface area contributed by atoms with E-state index in [0.29, 0.717) is 30.3 Å². The highest BCUT2D eigenvalue weighted by Gasteiger charge is 2.30. The SMILES string of the molecule is COC(=O)c1nc(C2CC2)nc(NCCc2ccc(NS(=O)O)cc2)c1Cl. The van der Waals surface area contributed by atoms with E-state index >= 15 is 0 Å². The van der Waals surface area contributed by atoms with Gasteiger partial charge in [-0.3, -0.25) is 9.27 Å². The third-order valence-corrected chi connectivity index (χ3v) is 4.82. The number of esters is 1. The summed E-state index contributed by atoms with van der Waals surface area (Å²) < 4.78 is 26.7. The second-order valence-corrected chi connectivity index (χ2v) is 7.16. The molecule has 0 spiro atoms. The number of benzene rings is 1. The topological polar surface area (TPSA) is 113 Å². The first-order valence-electron chi connectivity index (χ1n) is 8.34. The van der Waals surface area contributed by atoms with Crippen LogP contribution in [0.1, 0.15) is 40.6 Å². The van der Waals surface area contributed by atoms with Gasteiger partial charge in [0.25, 0.3) is 11.3 Å². The third kappa shape index (κ3) is 5.15. The fraction of sp³-hybridized carbons (Fsp3) is 0.353. The van der Waals surface area contributed by atoms with Crippen molar-refractivity contribution in [3.63, 3.8) is 0 Å². The number of halogens is 1. The van der Waals surface area contributed by atoms with Crippen LogP contribution in [0.15, 0.2) is 24.3 Å². The number of aromatic nitrogens is 2. The van der Waals surface area contributed by atoms with E-state index in [-0.39, 0.29) is 16.6 Å². The zero-order valence-corrected chi connectivity index (χ0v) is 16.1. The molecule has 1 atom stereocenters. The average Bonchev–Trinajstić information content (AvgIpc) is 3.48. The molecule has 0 saturated heterocycles. The fourth-order valence-corrected chi connectivity index (χ4v) is 3.07. The van der Waals surface area contributed by atoms with Crippen molar-refractivity contribution >= 4 is 40.3 Å². The lowest BCUT2D eigenvalue weighted by atomic mass is 10.1. The van der Waals surface area contributed by atoms with Crippen LogP contribution in [0.2, 0.25) is 5.02 Å². The van der Waals surface area contributed by atoms with Gasteiger partial charge in [0.05, 0.1) is 7.11 Å². The summed E-state index contributed by atoms with van der Waals surface area (Å²) in [4.78, 5) is 20.6. The quantitative estimate of drug-likeness (QED) is 0.452. The zero-order chi connectivity index (χ0) is 19.4. The molecule has 2 aromatic rings. The molecule has 1 aliphatic carbocycles. The van der Waals surface area contributed by atoms with E-state index in [1.54, 1.807) is 12.1 Å². The Morgan fingerprint density at radius 1 is 1.33 bits per heavy atom. The van der Waals surface area contributed by atoms with Gasteiger partial charge in [0.15, 0.2) is 5.69 Å². The predicted octanol–water partition coefficient (Wildman–Crippen LogP) is 3.00. The summed E-state index contributed by atoms with van der Waals surface area (Å²) in [6, 6.07) is 7.16. The van der Waals surface area contributed by atoms with Crippen molar-refractivity contribution in [2.45, 2.75) is 25.2 Å². The van der Waals surface area contributed by atoms with Gasteiger partial charge < -0.3 is 10.1 Å². The number of hydrogen-bond donors (Lipinski definition) is 3. The summed E-state index contributed by atoms with van der Waals surface area (Å²) >= 11 is 4.19. The molecule has 1 saturated carbocycles. The van der Waals surface area contributed by atoms with Crippen molar-refractivity contribution < 1.29 is 18.3 Å². The van der Waals surface area contributed by atoms with Gasteiger partial charge in [-0.15, -0.1) is 0 Å². The Morgan fingerprint density at radius 2 is 2.04 bits per heavy atom. The molecule has 1 aromatic carbocycles. The summed E-state index contributed by atoms with van der Waals surface area (Å²) in [5, 5.41) is 3.30. The molecule has 27 heavy (non-hydrogen) atoms. The van der Waals surface area contributed by atoms with Gasteiger partial charge in [0.2, 0.25) is 0 Å². The Balaban J connectivity index is 1.67. The monoisotopic (exact) mass is 410 g/mol. The number of ether oxygens (including phenoxy) is 1. The van der Waals surface area contributed by atoms with Crippen LogP contribution in [0, 0.1) is 0 Å². The first-order valence-corrected chi connectivity index (χ1v) is 9.82. The number of methoxy groups -OCH3 is 1. The van der Waals surface area contributed by atoms with Gasteiger partial charge in [-0.1, -0.05) is 23.7 Å². The van der Waals surface area contributed by atoms with Crippen LogP contribution >= 0.6 is 11.6 Å². The Morgan fingerprint density at radius 3 is 2.63 bits per heavy atom. The molecule has 0 bridgehead atoms. The molecule has 1 aromatic heterocycles. The Kier molecular flexibility index (Phi) is 6.25. The lowest BCUT2D eigenvalue weighted by molar-refractivity contribution is 0.0593. The molecular weight excluding hydrogens is 392 g/mol. The molecule has 144 valence electrons. The number of nitrogens with one attached hydrogen (secondary N) is 2. The minimum absolute atomic E-state index is 0.0750. The number of hydrogen-bond acceptors (Lipinski definition) is 6. The minimum atomic E-state index is -2.09. The maximum absolute atomic E-state index is 11.9. The first-order chi connectivity index (χ1) is 13.0. The molecule has 0 amide bonds. The van der Waals surface area contributed by atoms with E-state index in [2.05, 4.69) is 20.0 Å². The lowest BCUT2D eigenvalue weighted by Crippen LogP contribution is -2.14. The van der Waals surface area contributed by atoms with E-state index in [1.807, 2.05) is 12.1 Å². The standard InChI is InChI=1S/C17H19ClN4O4S/c1-26-17(23)14-13(18)16(21-15(20-14)11-4-5-11)19-9-8-10-2-6-12(7-3-10)22-27(24)25/h2-3,6-7,11,22H,4-5,8-9H2,1H3,(H,24,25)(H,19,20,21). The molecular formula is C17H19ClN4O4S. The second kappa shape index (κ2) is 8.64. The van der Waals surface area contributed by atoms with Crippen LogP contribution in [0.5, 0.6) is 0 Å². The maximum atomic E-state index is 11.9. The number of nitrogens with zero attached hydrogens (tertiary/aromatic N) is 2. The Labute approximate surface area is 164 Å². The highest BCUT2D eigenvalue weighted by Crippen LogP contribution is 2.39. The molecule has 3 N–H and O–H groups in total. The highest BCUT2D eigenvalue weighted by atomic mass is 35.5. The van der Waals surface area contributed by atoms with Crippen LogP contribution in [-0.2, 0) is 22.4 Å². The number of anilines is 2. The normalized spacial score (nSPS) is 14.5. The van der Waals surface area contributed by atoms with Crippen LogP contribution in [0.25, 0.3) is 0 Å². The third-order valence-electron chi connectivity index (χ3n) is 4.05. The van der Waals surface area contributed by atoms with Gasteiger partial charge in [-0.2, -0.15) is 0 Å². The van der Waals surface area contributed by atoms with Crippen LogP contribution in [0.3, 0.4) is 0 Å². The minimum Gasteiger partial charge on any atom is -0.464 e. The van der Waals surface area contributed by atoms with Crippen molar-refractivity contribution in [2.75, 3.05) is 23.7 Å². The fourth-order valence-electron chi connectivity index (χ4n) is 2.50. The summed E-state index contributed by atoms with van der Waals surface area (Å²) in [5.74, 6) is 0.706.